The third kappa shape index (κ3) is 3.75. The molecule has 1 saturated carbocycles. The van der Waals surface area contributed by atoms with Crippen LogP contribution in [0.15, 0.2) is 24.3 Å². The van der Waals surface area contributed by atoms with Crippen LogP contribution in [0.25, 0.3) is 0 Å². The van der Waals surface area contributed by atoms with Gasteiger partial charge in [-0.1, -0.05) is 0 Å². The molecule has 0 radical (unpaired) electrons. The predicted octanol–water partition coefficient (Wildman–Crippen LogP) is 1.56. The van der Waals surface area contributed by atoms with Gasteiger partial charge in [-0.25, -0.2) is 0 Å². The first kappa shape index (κ1) is 13.5. The van der Waals surface area contributed by atoms with Crippen LogP contribution >= 0.6 is 0 Å². The molecular formula is C13H17N3O3. The molecule has 0 heterocycles. The number of likely N-dealkylation sites (N-methyl/N-ethyl adjacent to an activating group) is 1. The largest absolute Gasteiger partial charge is 0.314 e. The lowest BCUT2D eigenvalue weighted by molar-refractivity contribution is -0.384. The number of nitro groups is 1. The van der Waals surface area contributed by atoms with Crippen LogP contribution in [0.5, 0.6) is 0 Å². The molecule has 1 aliphatic carbocycles. The molecule has 6 nitrogen and oxygen atoms in total. The Morgan fingerprint density at radius 1 is 1.42 bits per heavy atom. The average Bonchev–Trinajstić information content (AvgIpc) is 3.22. The Morgan fingerprint density at radius 3 is 2.58 bits per heavy atom. The van der Waals surface area contributed by atoms with Crippen molar-refractivity contribution in [1.29, 1.82) is 0 Å². The second kappa shape index (κ2) is 5.79. The molecule has 6 heteroatoms. The fraction of sp³-hybridized carbons (Fsp3) is 0.462. The number of anilines is 1. The molecule has 1 aromatic rings. The molecule has 0 aliphatic heterocycles. The molecule has 1 fully saturated rings. The first-order chi connectivity index (χ1) is 9.08. The molecule has 1 N–H and O–H groups in total. The summed E-state index contributed by atoms with van der Waals surface area (Å²) in [6.07, 6.45) is 2.50. The first-order valence-electron chi connectivity index (χ1n) is 6.29. The Hall–Kier alpha value is -1.95. The SMILES string of the molecule is CN(C(=O)CNCC1CC1)c1ccc([N+](=O)[O-])cc1. The van der Waals surface area contributed by atoms with Crippen molar-refractivity contribution in [2.75, 3.05) is 25.0 Å². The molecule has 19 heavy (non-hydrogen) atoms. The second-order valence-corrected chi connectivity index (χ2v) is 4.80. The van der Waals surface area contributed by atoms with Gasteiger partial charge in [-0.05, 0) is 37.4 Å². The number of nitrogens with zero attached hydrogens (tertiary/aromatic N) is 2. The van der Waals surface area contributed by atoms with Crippen molar-refractivity contribution in [3.63, 3.8) is 0 Å². The molecule has 0 bridgehead atoms. The van der Waals surface area contributed by atoms with Gasteiger partial charge in [-0.2, -0.15) is 0 Å². The summed E-state index contributed by atoms with van der Waals surface area (Å²) in [4.78, 5) is 23.5. The van der Waals surface area contributed by atoms with E-state index >= 15 is 0 Å². The highest BCUT2D eigenvalue weighted by Gasteiger charge is 2.21. The number of non-ortho nitro benzene ring substituents is 1. The zero-order valence-electron chi connectivity index (χ0n) is 10.8. The van der Waals surface area contributed by atoms with Gasteiger partial charge in [0.15, 0.2) is 0 Å². The van der Waals surface area contributed by atoms with Crippen molar-refractivity contribution in [1.82, 2.24) is 5.32 Å². The zero-order chi connectivity index (χ0) is 13.8. The monoisotopic (exact) mass is 263 g/mol. The van der Waals surface area contributed by atoms with Crippen LogP contribution in [0.2, 0.25) is 0 Å². The van der Waals surface area contributed by atoms with Gasteiger partial charge >= 0.3 is 0 Å². The van der Waals surface area contributed by atoms with E-state index in [2.05, 4.69) is 5.32 Å². The highest BCUT2D eigenvalue weighted by molar-refractivity contribution is 5.94. The Kier molecular flexibility index (Phi) is 4.11. The molecule has 0 aromatic heterocycles. The van der Waals surface area contributed by atoms with E-state index in [4.69, 9.17) is 0 Å². The molecule has 0 spiro atoms. The van der Waals surface area contributed by atoms with Crippen LogP contribution in [-0.4, -0.2) is 31.0 Å². The van der Waals surface area contributed by atoms with E-state index in [1.807, 2.05) is 0 Å². The standard InChI is InChI=1S/C13H17N3O3/c1-15(13(17)9-14-8-10-2-3-10)11-4-6-12(7-5-11)16(18)19/h4-7,10,14H,2-3,8-9H2,1H3. The number of carbonyl (C=O) groups is 1. The van der Waals surface area contributed by atoms with E-state index in [0.29, 0.717) is 12.2 Å². The minimum Gasteiger partial charge on any atom is -0.314 e. The smallest absolute Gasteiger partial charge is 0.269 e. The van der Waals surface area contributed by atoms with E-state index in [0.717, 1.165) is 12.5 Å². The molecule has 1 aliphatic rings. The third-order valence-electron chi connectivity index (χ3n) is 3.23. The molecule has 102 valence electrons. The van der Waals surface area contributed by atoms with Crippen LogP contribution in [0.3, 0.4) is 0 Å². The number of hydrogen-bond acceptors (Lipinski definition) is 4. The Balaban J connectivity index is 1.87. The van der Waals surface area contributed by atoms with Crippen molar-refractivity contribution < 1.29 is 9.72 Å². The zero-order valence-corrected chi connectivity index (χ0v) is 10.8. The van der Waals surface area contributed by atoms with Gasteiger partial charge in [0.25, 0.3) is 5.69 Å². The van der Waals surface area contributed by atoms with Crippen molar-refractivity contribution >= 4 is 17.3 Å². The lowest BCUT2D eigenvalue weighted by atomic mass is 10.2. The highest BCUT2D eigenvalue weighted by atomic mass is 16.6. The molecular weight excluding hydrogens is 246 g/mol. The maximum atomic E-state index is 11.9. The van der Waals surface area contributed by atoms with Gasteiger partial charge in [0, 0.05) is 24.9 Å². The van der Waals surface area contributed by atoms with Crippen molar-refractivity contribution in [3.05, 3.63) is 34.4 Å². The molecule has 0 atom stereocenters. The fourth-order valence-corrected chi connectivity index (χ4v) is 1.77. The van der Waals surface area contributed by atoms with Crippen molar-refractivity contribution in [3.8, 4) is 0 Å². The van der Waals surface area contributed by atoms with E-state index in [1.54, 1.807) is 19.2 Å². The Labute approximate surface area is 111 Å². The summed E-state index contributed by atoms with van der Waals surface area (Å²) in [6, 6.07) is 5.96. The minimum absolute atomic E-state index is 0.0245. The second-order valence-electron chi connectivity index (χ2n) is 4.80. The summed E-state index contributed by atoms with van der Waals surface area (Å²) in [7, 11) is 1.67. The summed E-state index contributed by atoms with van der Waals surface area (Å²) in [5.74, 6) is 0.687. The molecule has 1 aromatic carbocycles. The average molecular weight is 263 g/mol. The number of amides is 1. The van der Waals surface area contributed by atoms with Crippen LogP contribution in [-0.2, 0) is 4.79 Å². The fourth-order valence-electron chi connectivity index (χ4n) is 1.77. The van der Waals surface area contributed by atoms with Gasteiger partial charge in [0.2, 0.25) is 5.91 Å². The number of nitro benzene ring substituents is 1. The van der Waals surface area contributed by atoms with Crippen LogP contribution in [0, 0.1) is 16.0 Å². The molecule has 2 rings (SSSR count). The summed E-state index contributed by atoms with van der Waals surface area (Å²) in [6.45, 7) is 1.18. The Bertz CT molecular complexity index is 469. The minimum atomic E-state index is -0.456. The van der Waals surface area contributed by atoms with Crippen molar-refractivity contribution in [2.45, 2.75) is 12.8 Å². The highest BCUT2D eigenvalue weighted by Crippen LogP contribution is 2.27. The van der Waals surface area contributed by atoms with Crippen LogP contribution in [0.1, 0.15) is 12.8 Å². The number of benzene rings is 1. The molecule has 1 amide bonds. The van der Waals surface area contributed by atoms with Crippen LogP contribution < -0.4 is 10.2 Å². The predicted molar refractivity (Wildman–Crippen MR) is 72.1 cm³/mol. The molecule has 0 unspecified atom stereocenters. The third-order valence-corrected chi connectivity index (χ3v) is 3.23. The lowest BCUT2D eigenvalue weighted by Gasteiger charge is -2.17. The lowest BCUT2D eigenvalue weighted by Crippen LogP contribution is -2.36. The number of carbonyl (C=O) groups excluding carboxylic acids is 1. The summed E-state index contributed by atoms with van der Waals surface area (Å²) in [5, 5.41) is 13.7. The van der Waals surface area contributed by atoms with Gasteiger partial charge in [0.1, 0.15) is 0 Å². The van der Waals surface area contributed by atoms with Gasteiger partial charge in [-0.15, -0.1) is 0 Å². The number of rotatable bonds is 6. The normalized spacial score (nSPS) is 14.2. The summed E-state index contributed by atoms with van der Waals surface area (Å²) >= 11 is 0. The number of hydrogen-bond donors (Lipinski definition) is 1. The van der Waals surface area contributed by atoms with E-state index in [9.17, 15) is 14.9 Å². The summed E-state index contributed by atoms with van der Waals surface area (Å²) in [5.41, 5.74) is 0.681. The van der Waals surface area contributed by atoms with E-state index < -0.39 is 4.92 Å². The molecule has 0 saturated heterocycles. The summed E-state index contributed by atoms with van der Waals surface area (Å²) < 4.78 is 0. The quantitative estimate of drug-likeness (QED) is 0.624. The van der Waals surface area contributed by atoms with Gasteiger partial charge < -0.3 is 10.2 Å². The van der Waals surface area contributed by atoms with Crippen LogP contribution in [0.4, 0.5) is 11.4 Å². The maximum absolute atomic E-state index is 11.9. The van der Waals surface area contributed by atoms with E-state index in [1.165, 1.54) is 29.9 Å². The topological polar surface area (TPSA) is 75.5 Å². The van der Waals surface area contributed by atoms with Gasteiger partial charge in [-0.3, -0.25) is 14.9 Å². The first-order valence-corrected chi connectivity index (χ1v) is 6.29. The van der Waals surface area contributed by atoms with Gasteiger partial charge in [0.05, 0.1) is 11.5 Å². The van der Waals surface area contributed by atoms with Crippen molar-refractivity contribution in [2.24, 2.45) is 5.92 Å². The number of nitrogens with one attached hydrogen (secondary N) is 1. The Morgan fingerprint density at radius 2 is 2.05 bits per heavy atom. The maximum Gasteiger partial charge on any atom is 0.269 e. The van der Waals surface area contributed by atoms with E-state index in [-0.39, 0.29) is 11.6 Å².